The first-order valence-corrected chi connectivity index (χ1v) is 5.78. The highest BCUT2D eigenvalue weighted by atomic mass is 19.1. The molecule has 0 aliphatic carbocycles. The third-order valence-electron chi connectivity index (χ3n) is 2.85. The van der Waals surface area contributed by atoms with Crippen molar-refractivity contribution in [3.05, 3.63) is 59.4 Å². The normalized spacial score (nSPS) is 12.2. The van der Waals surface area contributed by atoms with E-state index in [9.17, 15) is 8.78 Å². The Morgan fingerprint density at radius 3 is 2.74 bits per heavy atom. The SMILES string of the molecule is COc1cncc(C(N)Cc2ccc(F)cc2F)c1. The summed E-state index contributed by atoms with van der Waals surface area (Å²) >= 11 is 0. The fraction of sp³-hybridized carbons (Fsp3) is 0.214. The molecule has 0 spiro atoms. The second-order valence-electron chi connectivity index (χ2n) is 4.20. The molecular formula is C14H14F2N2O. The fourth-order valence-corrected chi connectivity index (χ4v) is 1.79. The van der Waals surface area contributed by atoms with Crippen LogP contribution in [-0.2, 0) is 6.42 Å². The lowest BCUT2D eigenvalue weighted by Crippen LogP contribution is -2.14. The van der Waals surface area contributed by atoms with Gasteiger partial charge in [-0.3, -0.25) is 4.98 Å². The number of aromatic nitrogens is 1. The summed E-state index contributed by atoms with van der Waals surface area (Å²) in [6.45, 7) is 0. The lowest BCUT2D eigenvalue weighted by Gasteiger charge is -2.13. The van der Waals surface area contributed by atoms with Crippen molar-refractivity contribution in [2.75, 3.05) is 7.11 Å². The van der Waals surface area contributed by atoms with Crippen LogP contribution < -0.4 is 10.5 Å². The smallest absolute Gasteiger partial charge is 0.137 e. The Morgan fingerprint density at radius 1 is 1.26 bits per heavy atom. The van der Waals surface area contributed by atoms with E-state index in [2.05, 4.69) is 4.98 Å². The van der Waals surface area contributed by atoms with Crippen molar-refractivity contribution in [3.63, 3.8) is 0 Å². The Labute approximate surface area is 110 Å². The van der Waals surface area contributed by atoms with Crippen molar-refractivity contribution in [1.29, 1.82) is 0 Å². The van der Waals surface area contributed by atoms with Crippen molar-refractivity contribution in [3.8, 4) is 5.75 Å². The number of ether oxygens (including phenoxy) is 1. The van der Waals surface area contributed by atoms with Gasteiger partial charge in [0, 0.05) is 18.3 Å². The van der Waals surface area contributed by atoms with Crippen LogP contribution in [0.2, 0.25) is 0 Å². The monoisotopic (exact) mass is 264 g/mol. The number of hydrogen-bond acceptors (Lipinski definition) is 3. The zero-order chi connectivity index (χ0) is 13.8. The Bertz CT molecular complexity index is 575. The number of halogens is 2. The van der Waals surface area contributed by atoms with Crippen LogP contribution in [0.3, 0.4) is 0 Å². The summed E-state index contributed by atoms with van der Waals surface area (Å²) in [7, 11) is 1.53. The summed E-state index contributed by atoms with van der Waals surface area (Å²) in [5.74, 6) is -0.600. The molecule has 19 heavy (non-hydrogen) atoms. The Kier molecular flexibility index (Phi) is 4.06. The molecule has 0 saturated carbocycles. The van der Waals surface area contributed by atoms with Gasteiger partial charge in [-0.15, -0.1) is 0 Å². The standard InChI is InChI=1S/C14H14F2N2O/c1-19-12-4-10(7-18-8-12)14(17)5-9-2-3-11(15)6-13(9)16/h2-4,6-8,14H,5,17H2,1H3. The minimum atomic E-state index is -0.599. The average molecular weight is 264 g/mol. The lowest BCUT2D eigenvalue weighted by molar-refractivity contribution is 0.411. The molecule has 1 atom stereocenters. The summed E-state index contributed by atoms with van der Waals surface area (Å²) in [6.07, 6.45) is 3.43. The van der Waals surface area contributed by atoms with Crippen molar-refractivity contribution in [2.45, 2.75) is 12.5 Å². The van der Waals surface area contributed by atoms with Crippen molar-refractivity contribution >= 4 is 0 Å². The molecule has 1 heterocycles. The lowest BCUT2D eigenvalue weighted by atomic mass is 10.0. The molecule has 0 aliphatic rings. The minimum absolute atomic E-state index is 0.265. The van der Waals surface area contributed by atoms with Gasteiger partial charge in [0.05, 0.1) is 13.3 Å². The van der Waals surface area contributed by atoms with Gasteiger partial charge < -0.3 is 10.5 Å². The molecule has 0 radical (unpaired) electrons. The van der Waals surface area contributed by atoms with E-state index in [1.807, 2.05) is 0 Å². The molecule has 0 saturated heterocycles. The van der Waals surface area contributed by atoms with Crippen LogP contribution in [0.25, 0.3) is 0 Å². The Balaban J connectivity index is 2.17. The second kappa shape index (κ2) is 5.75. The molecule has 2 aromatic rings. The molecule has 2 N–H and O–H groups in total. The maximum Gasteiger partial charge on any atom is 0.137 e. The average Bonchev–Trinajstić information content (AvgIpc) is 2.42. The molecule has 0 amide bonds. The molecule has 0 bridgehead atoms. The Hall–Kier alpha value is -2.01. The van der Waals surface area contributed by atoms with Gasteiger partial charge in [0.1, 0.15) is 17.4 Å². The molecule has 1 aromatic carbocycles. The van der Waals surface area contributed by atoms with E-state index >= 15 is 0 Å². The minimum Gasteiger partial charge on any atom is -0.495 e. The number of hydrogen-bond donors (Lipinski definition) is 1. The van der Waals surface area contributed by atoms with E-state index in [1.54, 1.807) is 18.5 Å². The van der Waals surface area contributed by atoms with Crippen LogP contribution >= 0.6 is 0 Å². The van der Waals surface area contributed by atoms with E-state index in [0.717, 1.165) is 11.6 Å². The fourth-order valence-electron chi connectivity index (χ4n) is 1.79. The first-order valence-electron chi connectivity index (χ1n) is 5.78. The topological polar surface area (TPSA) is 48.1 Å². The summed E-state index contributed by atoms with van der Waals surface area (Å²) in [4.78, 5) is 4.00. The molecule has 0 fully saturated rings. The molecule has 1 unspecified atom stereocenters. The van der Waals surface area contributed by atoms with Crippen molar-refractivity contribution in [1.82, 2.24) is 4.98 Å². The third kappa shape index (κ3) is 3.26. The van der Waals surface area contributed by atoms with Gasteiger partial charge in [-0.2, -0.15) is 0 Å². The summed E-state index contributed by atoms with van der Waals surface area (Å²) in [6, 6.07) is 4.79. The number of methoxy groups -OCH3 is 1. The zero-order valence-corrected chi connectivity index (χ0v) is 10.4. The van der Waals surface area contributed by atoms with Crippen LogP contribution in [0.4, 0.5) is 8.78 Å². The van der Waals surface area contributed by atoms with E-state index in [4.69, 9.17) is 10.5 Å². The molecular weight excluding hydrogens is 250 g/mol. The molecule has 100 valence electrons. The predicted octanol–water partition coefficient (Wildman–Crippen LogP) is 2.61. The van der Waals surface area contributed by atoms with E-state index in [0.29, 0.717) is 11.3 Å². The first-order chi connectivity index (χ1) is 9.10. The van der Waals surface area contributed by atoms with Crippen LogP contribution in [0.15, 0.2) is 36.7 Å². The molecule has 2 rings (SSSR count). The molecule has 3 nitrogen and oxygen atoms in total. The van der Waals surface area contributed by atoms with Gasteiger partial charge in [0.2, 0.25) is 0 Å². The molecule has 1 aromatic heterocycles. The van der Waals surface area contributed by atoms with E-state index in [-0.39, 0.29) is 6.42 Å². The van der Waals surface area contributed by atoms with Gasteiger partial charge in [0.15, 0.2) is 0 Å². The molecule has 0 aliphatic heterocycles. The maximum atomic E-state index is 13.5. The highest BCUT2D eigenvalue weighted by molar-refractivity contribution is 5.28. The number of rotatable bonds is 4. The zero-order valence-electron chi connectivity index (χ0n) is 10.4. The van der Waals surface area contributed by atoms with Crippen LogP contribution in [0, 0.1) is 11.6 Å². The van der Waals surface area contributed by atoms with Gasteiger partial charge in [-0.1, -0.05) is 6.07 Å². The number of nitrogens with zero attached hydrogens (tertiary/aromatic N) is 1. The predicted molar refractivity (Wildman–Crippen MR) is 67.8 cm³/mol. The third-order valence-corrected chi connectivity index (χ3v) is 2.85. The number of benzene rings is 1. The van der Waals surface area contributed by atoms with E-state index in [1.165, 1.54) is 19.2 Å². The van der Waals surface area contributed by atoms with E-state index < -0.39 is 17.7 Å². The first kappa shape index (κ1) is 13.4. The van der Waals surface area contributed by atoms with Crippen molar-refractivity contribution in [2.24, 2.45) is 5.73 Å². The largest absolute Gasteiger partial charge is 0.495 e. The maximum absolute atomic E-state index is 13.5. The highest BCUT2D eigenvalue weighted by Gasteiger charge is 2.12. The van der Waals surface area contributed by atoms with Crippen LogP contribution in [0.1, 0.15) is 17.2 Å². The number of pyridine rings is 1. The van der Waals surface area contributed by atoms with Crippen molar-refractivity contribution < 1.29 is 13.5 Å². The van der Waals surface area contributed by atoms with Crippen LogP contribution in [0.5, 0.6) is 5.75 Å². The quantitative estimate of drug-likeness (QED) is 0.923. The van der Waals surface area contributed by atoms with Gasteiger partial charge in [-0.05, 0) is 29.7 Å². The highest BCUT2D eigenvalue weighted by Crippen LogP contribution is 2.21. The molecule has 5 heteroatoms. The van der Waals surface area contributed by atoms with Gasteiger partial charge in [-0.25, -0.2) is 8.78 Å². The van der Waals surface area contributed by atoms with Gasteiger partial charge >= 0.3 is 0 Å². The summed E-state index contributed by atoms with van der Waals surface area (Å²) in [5.41, 5.74) is 7.11. The second-order valence-corrected chi connectivity index (χ2v) is 4.20. The summed E-state index contributed by atoms with van der Waals surface area (Å²) < 4.78 is 31.4. The van der Waals surface area contributed by atoms with Crippen LogP contribution in [-0.4, -0.2) is 12.1 Å². The summed E-state index contributed by atoms with van der Waals surface area (Å²) in [5, 5.41) is 0. The van der Waals surface area contributed by atoms with Gasteiger partial charge in [0.25, 0.3) is 0 Å². The number of nitrogens with two attached hydrogens (primary N) is 1. The Morgan fingerprint density at radius 2 is 2.05 bits per heavy atom.